The number of benzene rings is 1. The molecule has 3 heterocycles. The van der Waals surface area contributed by atoms with Crippen LogP contribution in [0.5, 0.6) is 0 Å². The topological polar surface area (TPSA) is 125 Å². The molecule has 28 heavy (non-hydrogen) atoms. The third-order valence-corrected chi connectivity index (χ3v) is 4.14. The van der Waals surface area contributed by atoms with Crippen LogP contribution in [0, 0.1) is 5.82 Å². The summed E-state index contributed by atoms with van der Waals surface area (Å²) in [6.45, 7) is 1.74. The van der Waals surface area contributed by atoms with E-state index in [1.807, 2.05) is 0 Å². The van der Waals surface area contributed by atoms with E-state index in [1.54, 1.807) is 36.9 Å². The van der Waals surface area contributed by atoms with Crippen LogP contribution in [0.15, 0.2) is 30.6 Å². The van der Waals surface area contributed by atoms with Crippen molar-refractivity contribution in [2.45, 2.75) is 6.92 Å². The highest BCUT2D eigenvalue weighted by molar-refractivity contribution is 5.96. The summed E-state index contributed by atoms with van der Waals surface area (Å²) in [6.07, 6.45) is -0.137. The highest BCUT2D eigenvalue weighted by Crippen LogP contribution is 2.32. The van der Waals surface area contributed by atoms with Gasteiger partial charge < -0.3 is 5.73 Å². The first kappa shape index (κ1) is 17.4. The van der Waals surface area contributed by atoms with Gasteiger partial charge in [-0.05, 0) is 24.6 Å². The van der Waals surface area contributed by atoms with Crippen molar-refractivity contribution in [1.82, 2.24) is 19.7 Å². The van der Waals surface area contributed by atoms with Gasteiger partial charge in [0.25, 0.3) is 0 Å². The Bertz CT molecular complexity index is 1170. The number of primary amides is 1. The Hall–Kier alpha value is -4.02. The van der Waals surface area contributed by atoms with Gasteiger partial charge in [0.2, 0.25) is 5.95 Å². The van der Waals surface area contributed by atoms with Crippen molar-refractivity contribution in [3.8, 4) is 11.3 Å². The number of hydrogen-bond donors (Lipinski definition) is 1. The monoisotopic (exact) mass is 384 g/mol. The van der Waals surface area contributed by atoms with E-state index in [1.165, 1.54) is 6.20 Å². The molecule has 10 nitrogen and oxygen atoms in total. The molecule has 4 rings (SSSR count). The third-order valence-electron chi connectivity index (χ3n) is 4.14. The number of halogens is 1. The first-order valence-corrected chi connectivity index (χ1v) is 8.01. The van der Waals surface area contributed by atoms with E-state index in [-0.39, 0.29) is 11.6 Å². The zero-order chi connectivity index (χ0) is 20.0. The Morgan fingerprint density at radius 3 is 2.79 bits per heavy atom. The van der Waals surface area contributed by atoms with Crippen molar-refractivity contribution in [1.29, 1.82) is 0 Å². The fourth-order valence-electron chi connectivity index (χ4n) is 3.05. The summed E-state index contributed by atoms with van der Waals surface area (Å²) in [7, 11) is 1.74. The van der Waals surface area contributed by atoms with E-state index in [0.29, 0.717) is 22.3 Å². The van der Waals surface area contributed by atoms with Crippen LogP contribution < -0.4 is 10.6 Å². The Morgan fingerprint density at radius 2 is 2.04 bits per heavy atom. The van der Waals surface area contributed by atoms with Gasteiger partial charge in [-0.25, -0.2) is 38.6 Å². The van der Waals surface area contributed by atoms with Crippen LogP contribution in [-0.2, 0) is 16.8 Å². The molecule has 2 aromatic heterocycles. The van der Waals surface area contributed by atoms with E-state index >= 15 is 0 Å². The molecule has 1 aromatic carbocycles. The zero-order valence-corrected chi connectivity index (χ0v) is 14.7. The largest absolute Gasteiger partial charge is 0.463 e. The normalized spacial score (nSPS) is 14.5. The minimum absolute atomic E-state index is 0.0109. The van der Waals surface area contributed by atoms with Crippen molar-refractivity contribution in [2.24, 2.45) is 12.8 Å². The predicted molar refractivity (Wildman–Crippen MR) is 95.0 cm³/mol. The van der Waals surface area contributed by atoms with Crippen LogP contribution in [0.1, 0.15) is 12.6 Å². The summed E-state index contributed by atoms with van der Waals surface area (Å²) in [5, 5.41) is 5.17. The van der Waals surface area contributed by atoms with Crippen LogP contribution in [0.25, 0.3) is 27.7 Å². The van der Waals surface area contributed by atoms with Crippen molar-refractivity contribution < 1.29 is 23.8 Å². The van der Waals surface area contributed by atoms with Crippen molar-refractivity contribution in [3.63, 3.8) is 0 Å². The Labute approximate surface area is 156 Å². The second kappa shape index (κ2) is 6.30. The quantitative estimate of drug-likeness (QED) is 0.466. The molecule has 0 fully saturated rings. The molecule has 0 saturated heterocycles. The van der Waals surface area contributed by atoms with Gasteiger partial charge in [0, 0.05) is 24.2 Å². The first-order chi connectivity index (χ1) is 13.3. The Morgan fingerprint density at radius 1 is 1.25 bits per heavy atom. The van der Waals surface area contributed by atoms with Gasteiger partial charge in [-0.1, -0.05) is 6.07 Å². The van der Waals surface area contributed by atoms with Gasteiger partial charge >= 0.3 is 12.2 Å². The van der Waals surface area contributed by atoms with Gasteiger partial charge in [0.15, 0.2) is 5.82 Å². The molecule has 3 aromatic rings. The van der Waals surface area contributed by atoms with E-state index in [9.17, 15) is 14.0 Å². The second-order valence-electron chi connectivity index (χ2n) is 6.00. The number of rotatable bonds is 0. The highest BCUT2D eigenvalue weighted by atomic mass is 19.1. The number of amides is 2. The van der Waals surface area contributed by atoms with Crippen LogP contribution in [0.2, 0.25) is 0 Å². The molecular weight excluding hydrogens is 371 g/mol. The van der Waals surface area contributed by atoms with Crippen molar-refractivity contribution >= 4 is 34.6 Å². The maximum atomic E-state index is 14.4. The highest BCUT2D eigenvalue weighted by Gasteiger charge is 2.25. The summed E-state index contributed by atoms with van der Waals surface area (Å²) in [4.78, 5) is 40.5. The number of fused-ring (bicyclic) bond motifs is 4. The molecule has 0 unspecified atom stereocenters. The molecule has 0 radical (unpaired) electrons. The number of allylic oxidation sites excluding steroid dienone is 1. The van der Waals surface area contributed by atoms with Crippen LogP contribution >= 0.6 is 0 Å². The molecule has 11 heteroatoms. The number of anilines is 1. The lowest BCUT2D eigenvalue weighted by Gasteiger charge is -2.18. The minimum atomic E-state index is -1.31. The third kappa shape index (κ3) is 2.78. The molecule has 142 valence electrons. The lowest BCUT2D eigenvalue weighted by atomic mass is 10.0. The number of hydrogen-bond acceptors (Lipinski definition) is 7. The summed E-state index contributed by atoms with van der Waals surface area (Å²) < 4.78 is 16.0. The molecular formula is C17H13FN6O4. The smallest absolute Gasteiger partial charge is 0.332 e. The first-order valence-electron chi connectivity index (χ1n) is 8.01. The summed E-state index contributed by atoms with van der Waals surface area (Å²) in [6, 6.07) is 5.21. The summed E-state index contributed by atoms with van der Waals surface area (Å²) in [5.41, 5.74) is 7.28. The van der Waals surface area contributed by atoms with E-state index < -0.39 is 18.0 Å². The summed E-state index contributed by atoms with van der Waals surface area (Å²) >= 11 is 0. The van der Waals surface area contributed by atoms with Crippen LogP contribution in [0.3, 0.4) is 0 Å². The van der Waals surface area contributed by atoms with Gasteiger partial charge in [-0.3, -0.25) is 4.68 Å². The number of nitrogens with two attached hydrogens (primary N) is 1. The lowest BCUT2D eigenvalue weighted by Crippen LogP contribution is -2.30. The Kier molecular flexibility index (Phi) is 3.91. The molecule has 4 bridgehead atoms. The molecule has 2 amide bonds. The van der Waals surface area contributed by atoms with Crippen molar-refractivity contribution in [3.05, 3.63) is 42.1 Å². The van der Waals surface area contributed by atoms with Crippen LogP contribution in [-0.4, -0.2) is 31.9 Å². The molecule has 0 saturated carbocycles. The average Bonchev–Trinajstić information content (AvgIpc) is 2.99. The number of nitrogens with zero attached hydrogens (tertiary/aromatic N) is 5. The predicted octanol–water partition coefficient (Wildman–Crippen LogP) is 2.50. The van der Waals surface area contributed by atoms with E-state index in [2.05, 4.69) is 24.8 Å². The maximum absolute atomic E-state index is 14.4. The zero-order valence-electron chi connectivity index (χ0n) is 14.7. The fourth-order valence-corrected chi connectivity index (χ4v) is 3.05. The molecule has 1 aliphatic heterocycles. The Balaban J connectivity index is 1.97. The maximum Gasteiger partial charge on any atom is 0.463 e. The molecule has 0 atom stereocenters. The van der Waals surface area contributed by atoms with Gasteiger partial charge in [-0.15, -0.1) is 0 Å². The number of aromatic nitrogens is 4. The van der Waals surface area contributed by atoms with Crippen LogP contribution in [0.4, 0.5) is 19.9 Å². The summed E-state index contributed by atoms with van der Waals surface area (Å²) in [5.74, 6) is -0.851. The number of aryl methyl sites for hydroxylation is 1. The van der Waals surface area contributed by atoms with Crippen molar-refractivity contribution in [2.75, 3.05) is 4.90 Å². The minimum Gasteiger partial charge on any atom is -0.332 e. The second-order valence-corrected chi connectivity index (χ2v) is 6.00. The standard InChI is InChI=1S/C17H13FN6O4/c1-8-7-24(17(26)28-27-15(19)25)16-20-6-11(18)13(21-16)9-3-4-12-10(5-9)14(8)23(2)22-12/h3-7H,1-2H3,(H2,19,25)/b8-7+. The number of carbonyl (C=O) groups excluding carboxylic acids is 2. The van der Waals surface area contributed by atoms with Gasteiger partial charge in [-0.2, -0.15) is 5.10 Å². The lowest BCUT2D eigenvalue weighted by molar-refractivity contribution is -0.172. The van der Waals surface area contributed by atoms with E-state index in [4.69, 9.17) is 5.73 Å². The molecule has 0 aliphatic carbocycles. The molecule has 1 aliphatic rings. The van der Waals surface area contributed by atoms with E-state index in [0.717, 1.165) is 16.5 Å². The fraction of sp³-hybridized carbons (Fsp3) is 0.118. The average molecular weight is 384 g/mol. The molecule has 0 spiro atoms. The number of carbonyl (C=O) groups is 2. The molecule has 2 N–H and O–H groups in total. The SMILES string of the molecule is C/C1=C\N(C(=O)OOC(N)=O)c2ncc(F)c(n2)-c2ccc3nn(C)c1c3c2. The van der Waals surface area contributed by atoms with Gasteiger partial charge in [0.1, 0.15) is 5.69 Å². The van der Waals surface area contributed by atoms with Gasteiger partial charge in [0.05, 0.1) is 17.4 Å².